The molecule has 2 nitrogen and oxygen atoms in total. The molecule has 19 heavy (non-hydrogen) atoms. The molecule has 104 valence electrons. The van der Waals surface area contributed by atoms with E-state index in [9.17, 15) is 4.79 Å². The van der Waals surface area contributed by atoms with Crippen molar-refractivity contribution >= 4 is 18.2 Å². The zero-order valence-electron chi connectivity index (χ0n) is 11.3. The molecule has 1 fully saturated rings. The van der Waals surface area contributed by atoms with Crippen LogP contribution in [0.4, 0.5) is 0 Å². The third kappa shape index (κ3) is 3.37. The maximum atomic E-state index is 11.9. The first-order valence-corrected chi connectivity index (χ1v) is 7.15. The van der Waals surface area contributed by atoms with E-state index in [4.69, 9.17) is 0 Å². The standard InChI is InChI=1S/C16H21NO.ClH/c18-16-8-4-3-7-15(16)12-17-10-9-13-5-1-2-6-14(13)11-17;/h1-2,5-6,15H,3-4,7-12H2;1H. The van der Waals surface area contributed by atoms with Gasteiger partial charge in [-0.25, -0.2) is 0 Å². The first-order valence-electron chi connectivity index (χ1n) is 7.15. The third-order valence-corrected chi connectivity index (χ3v) is 4.37. The lowest BCUT2D eigenvalue weighted by Gasteiger charge is -2.32. The Hall–Kier alpha value is -0.860. The number of nitrogens with zero attached hydrogens (tertiary/aromatic N) is 1. The number of carbonyl (C=O) groups is 1. The number of fused-ring (bicyclic) bond motifs is 1. The quantitative estimate of drug-likeness (QED) is 0.828. The fourth-order valence-electron chi connectivity index (χ4n) is 3.27. The Balaban J connectivity index is 0.00000133. The van der Waals surface area contributed by atoms with Gasteiger partial charge in [-0.3, -0.25) is 9.69 Å². The maximum Gasteiger partial charge on any atom is 0.137 e. The summed E-state index contributed by atoms with van der Waals surface area (Å²) >= 11 is 0. The van der Waals surface area contributed by atoms with Crippen LogP contribution in [0.1, 0.15) is 36.8 Å². The van der Waals surface area contributed by atoms with E-state index in [1.165, 1.54) is 17.5 Å². The van der Waals surface area contributed by atoms with Gasteiger partial charge in [0, 0.05) is 32.0 Å². The molecule has 0 spiro atoms. The number of benzene rings is 1. The second kappa shape index (κ2) is 6.53. The lowest BCUT2D eigenvalue weighted by atomic mass is 9.87. The molecule has 1 aromatic carbocycles. The van der Waals surface area contributed by atoms with Crippen LogP contribution >= 0.6 is 12.4 Å². The van der Waals surface area contributed by atoms with E-state index in [0.29, 0.717) is 11.7 Å². The van der Waals surface area contributed by atoms with E-state index in [1.807, 2.05) is 0 Å². The van der Waals surface area contributed by atoms with E-state index in [0.717, 1.165) is 45.3 Å². The molecular formula is C16H22ClNO. The Morgan fingerprint density at radius 2 is 1.89 bits per heavy atom. The Bertz CT molecular complexity index is 446. The van der Waals surface area contributed by atoms with Gasteiger partial charge in [-0.2, -0.15) is 0 Å². The zero-order valence-corrected chi connectivity index (χ0v) is 12.1. The lowest BCUT2D eigenvalue weighted by molar-refractivity contribution is -0.125. The van der Waals surface area contributed by atoms with Crippen molar-refractivity contribution in [3.05, 3.63) is 35.4 Å². The van der Waals surface area contributed by atoms with Crippen molar-refractivity contribution in [3.8, 4) is 0 Å². The smallest absolute Gasteiger partial charge is 0.137 e. The highest BCUT2D eigenvalue weighted by Crippen LogP contribution is 2.24. The molecule has 3 heteroatoms. The number of carbonyl (C=O) groups excluding carboxylic acids is 1. The van der Waals surface area contributed by atoms with E-state index in [-0.39, 0.29) is 12.4 Å². The first kappa shape index (κ1) is 14.5. The van der Waals surface area contributed by atoms with Crippen LogP contribution in [0.5, 0.6) is 0 Å². The third-order valence-electron chi connectivity index (χ3n) is 4.37. The molecule has 0 aromatic heterocycles. The summed E-state index contributed by atoms with van der Waals surface area (Å²) < 4.78 is 0. The van der Waals surface area contributed by atoms with Gasteiger partial charge >= 0.3 is 0 Å². The van der Waals surface area contributed by atoms with Crippen LogP contribution in [0.15, 0.2) is 24.3 Å². The molecular weight excluding hydrogens is 258 g/mol. The summed E-state index contributed by atoms with van der Waals surface area (Å²) in [5, 5.41) is 0. The summed E-state index contributed by atoms with van der Waals surface area (Å²) in [6.45, 7) is 3.12. The highest BCUT2D eigenvalue weighted by molar-refractivity contribution is 5.85. The Kier molecular flexibility index (Phi) is 5.00. The van der Waals surface area contributed by atoms with Crippen molar-refractivity contribution in [2.24, 2.45) is 5.92 Å². The summed E-state index contributed by atoms with van der Waals surface area (Å²) in [5.74, 6) is 0.809. The molecule has 0 amide bonds. The van der Waals surface area contributed by atoms with Gasteiger partial charge in [-0.1, -0.05) is 30.7 Å². The first-order chi connectivity index (χ1) is 8.83. The van der Waals surface area contributed by atoms with E-state index < -0.39 is 0 Å². The minimum absolute atomic E-state index is 0. The predicted molar refractivity (Wildman–Crippen MR) is 79.6 cm³/mol. The van der Waals surface area contributed by atoms with Crippen LogP contribution in [0, 0.1) is 5.92 Å². The van der Waals surface area contributed by atoms with Crippen molar-refractivity contribution in [2.45, 2.75) is 38.6 Å². The number of ketones is 1. The fraction of sp³-hybridized carbons (Fsp3) is 0.562. The molecule has 3 rings (SSSR count). The number of Topliss-reactive ketones (excluding diaryl/α,β-unsaturated/α-hetero) is 1. The van der Waals surface area contributed by atoms with Gasteiger partial charge in [0.05, 0.1) is 0 Å². The van der Waals surface area contributed by atoms with Crippen LogP contribution in [0.2, 0.25) is 0 Å². The topological polar surface area (TPSA) is 20.3 Å². The molecule has 1 aliphatic heterocycles. The van der Waals surface area contributed by atoms with E-state index >= 15 is 0 Å². The van der Waals surface area contributed by atoms with Crippen LogP contribution in [0.3, 0.4) is 0 Å². The van der Waals surface area contributed by atoms with E-state index in [1.54, 1.807) is 0 Å². The van der Waals surface area contributed by atoms with Crippen LogP contribution in [-0.4, -0.2) is 23.8 Å². The molecule has 1 saturated carbocycles. The molecule has 0 radical (unpaired) electrons. The van der Waals surface area contributed by atoms with Crippen LogP contribution in [-0.2, 0) is 17.8 Å². The molecule has 1 aliphatic carbocycles. The molecule has 1 unspecified atom stereocenters. The Morgan fingerprint density at radius 1 is 1.11 bits per heavy atom. The largest absolute Gasteiger partial charge is 0.299 e. The highest BCUT2D eigenvalue weighted by atomic mass is 35.5. The summed E-state index contributed by atoms with van der Waals surface area (Å²) in [6, 6.07) is 8.70. The zero-order chi connectivity index (χ0) is 12.4. The number of hydrogen-bond acceptors (Lipinski definition) is 2. The van der Waals surface area contributed by atoms with Crippen molar-refractivity contribution < 1.29 is 4.79 Å². The average Bonchev–Trinajstić information content (AvgIpc) is 2.41. The van der Waals surface area contributed by atoms with Crippen molar-refractivity contribution in [1.82, 2.24) is 4.90 Å². The fourth-order valence-corrected chi connectivity index (χ4v) is 3.27. The Morgan fingerprint density at radius 3 is 2.68 bits per heavy atom. The molecule has 0 bridgehead atoms. The molecule has 1 heterocycles. The van der Waals surface area contributed by atoms with Gasteiger partial charge < -0.3 is 0 Å². The monoisotopic (exact) mass is 279 g/mol. The number of hydrogen-bond donors (Lipinski definition) is 0. The van der Waals surface area contributed by atoms with Crippen LogP contribution in [0.25, 0.3) is 0 Å². The van der Waals surface area contributed by atoms with Gasteiger partial charge in [0.15, 0.2) is 0 Å². The van der Waals surface area contributed by atoms with Crippen LogP contribution < -0.4 is 0 Å². The van der Waals surface area contributed by atoms with Crippen molar-refractivity contribution in [2.75, 3.05) is 13.1 Å². The van der Waals surface area contributed by atoms with Gasteiger partial charge in [0.2, 0.25) is 0 Å². The second-order valence-corrected chi connectivity index (χ2v) is 5.66. The van der Waals surface area contributed by atoms with Gasteiger partial charge in [-0.15, -0.1) is 12.4 Å². The number of rotatable bonds is 2. The van der Waals surface area contributed by atoms with Crippen molar-refractivity contribution in [3.63, 3.8) is 0 Å². The molecule has 0 saturated heterocycles. The lowest BCUT2D eigenvalue weighted by Crippen LogP contribution is -2.37. The van der Waals surface area contributed by atoms with Gasteiger partial charge in [0.25, 0.3) is 0 Å². The summed E-state index contributed by atoms with van der Waals surface area (Å²) in [4.78, 5) is 14.4. The summed E-state index contributed by atoms with van der Waals surface area (Å²) in [6.07, 6.45) is 5.40. The molecule has 2 aliphatic rings. The maximum absolute atomic E-state index is 11.9. The minimum atomic E-state index is 0. The molecule has 0 N–H and O–H groups in total. The van der Waals surface area contributed by atoms with E-state index in [2.05, 4.69) is 29.2 Å². The predicted octanol–water partition coefficient (Wildman–Crippen LogP) is 3.23. The Labute approximate surface area is 121 Å². The average molecular weight is 280 g/mol. The summed E-state index contributed by atoms with van der Waals surface area (Å²) in [5.41, 5.74) is 2.94. The van der Waals surface area contributed by atoms with Crippen molar-refractivity contribution in [1.29, 1.82) is 0 Å². The summed E-state index contributed by atoms with van der Waals surface area (Å²) in [7, 11) is 0. The highest BCUT2D eigenvalue weighted by Gasteiger charge is 2.25. The minimum Gasteiger partial charge on any atom is -0.299 e. The molecule has 1 atom stereocenters. The van der Waals surface area contributed by atoms with Gasteiger partial charge in [0.1, 0.15) is 5.78 Å². The molecule has 1 aromatic rings. The second-order valence-electron chi connectivity index (χ2n) is 5.66. The number of halogens is 1. The van der Waals surface area contributed by atoms with Gasteiger partial charge in [-0.05, 0) is 30.4 Å². The normalized spacial score (nSPS) is 23.6. The SMILES string of the molecule is Cl.O=C1CCCCC1CN1CCc2ccccc2C1.